The number of nitrogens with zero attached hydrogens (tertiary/aromatic N) is 4. The van der Waals surface area contributed by atoms with E-state index in [1.165, 1.54) is 0 Å². The van der Waals surface area contributed by atoms with E-state index in [-0.39, 0.29) is 0 Å². The molecule has 0 radical (unpaired) electrons. The lowest BCUT2D eigenvalue weighted by atomic mass is 10.0. The van der Waals surface area contributed by atoms with Crippen LogP contribution < -0.4 is 4.74 Å². The average molecular weight is 326 g/mol. The van der Waals surface area contributed by atoms with Gasteiger partial charge in [-0.2, -0.15) is 5.10 Å². The van der Waals surface area contributed by atoms with E-state index in [4.69, 9.17) is 9.73 Å². The van der Waals surface area contributed by atoms with Gasteiger partial charge < -0.3 is 4.74 Å². The van der Waals surface area contributed by atoms with Crippen molar-refractivity contribution >= 4 is 16.9 Å². The van der Waals surface area contributed by atoms with E-state index in [1.54, 1.807) is 13.4 Å². The predicted molar refractivity (Wildman–Crippen MR) is 96.7 cm³/mol. The minimum Gasteiger partial charge on any atom is -0.496 e. The molecular weight excluding hydrogens is 312 g/mol. The zero-order valence-corrected chi connectivity index (χ0v) is 13.5. The van der Waals surface area contributed by atoms with Gasteiger partial charge in [-0.05, 0) is 24.3 Å². The van der Waals surface area contributed by atoms with Crippen LogP contribution in [0.4, 0.5) is 5.69 Å². The molecule has 120 valence electrons. The van der Waals surface area contributed by atoms with E-state index < -0.39 is 0 Å². The summed E-state index contributed by atoms with van der Waals surface area (Å²) in [5, 5.41) is 4.35. The SMILES string of the molecule is COc1ccccc1C1=Nc2ccccc2-c2ncnn3ccc1c23. The van der Waals surface area contributed by atoms with Crippen molar-refractivity contribution in [2.75, 3.05) is 7.11 Å². The normalized spacial score (nSPS) is 12.4. The van der Waals surface area contributed by atoms with Crippen molar-refractivity contribution in [3.63, 3.8) is 0 Å². The quantitative estimate of drug-likeness (QED) is 0.494. The topological polar surface area (TPSA) is 51.8 Å². The number of aromatic nitrogens is 3. The summed E-state index contributed by atoms with van der Waals surface area (Å²) in [6, 6.07) is 18.0. The Balaban J connectivity index is 1.93. The molecule has 0 aliphatic carbocycles. The number of hydrogen-bond acceptors (Lipinski definition) is 4. The van der Waals surface area contributed by atoms with Crippen LogP contribution in [0.15, 0.2) is 72.1 Å². The largest absolute Gasteiger partial charge is 0.496 e. The minimum absolute atomic E-state index is 0.790. The summed E-state index contributed by atoms with van der Waals surface area (Å²) in [6.07, 6.45) is 3.52. The van der Waals surface area contributed by atoms with Gasteiger partial charge in [-0.25, -0.2) is 14.5 Å². The third-order valence-corrected chi connectivity index (χ3v) is 4.46. The van der Waals surface area contributed by atoms with Gasteiger partial charge in [-0.15, -0.1) is 0 Å². The Labute approximate surface area is 144 Å². The number of para-hydroxylation sites is 2. The molecule has 5 rings (SSSR count). The molecule has 4 aromatic rings. The van der Waals surface area contributed by atoms with Crippen molar-refractivity contribution in [1.82, 2.24) is 14.6 Å². The summed E-state index contributed by atoms with van der Waals surface area (Å²) < 4.78 is 7.42. The maximum Gasteiger partial charge on any atom is 0.137 e. The van der Waals surface area contributed by atoms with Gasteiger partial charge in [0.05, 0.1) is 18.5 Å². The zero-order chi connectivity index (χ0) is 16.8. The molecule has 0 unspecified atom stereocenters. The number of methoxy groups -OCH3 is 1. The van der Waals surface area contributed by atoms with Gasteiger partial charge in [0.25, 0.3) is 0 Å². The highest BCUT2D eigenvalue weighted by Crippen LogP contribution is 2.38. The average Bonchev–Trinajstić information content (AvgIpc) is 3.04. The summed E-state index contributed by atoms with van der Waals surface area (Å²) in [4.78, 5) is 9.53. The monoisotopic (exact) mass is 326 g/mol. The Bertz CT molecular complexity index is 1140. The van der Waals surface area contributed by atoms with Crippen LogP contribution in [0.5, 0.6) is 5.75 Å². The first-order valence-corrected chi connectivity index (χ1v) is 8.01. The molecule has 0 saturated carbocycles. The fraction of sp³-hybridized carbons (Fsp3) is 0.0500. The Morgan fingerprint density at radius 2 is 1.68 bits per heavy atom. The first kappa shape index (κ1) is 13.9. The lowest BCUT2D eigenvalue weighted by molar-refractivity contribution is 0.414. The van der Waals surface area contributed by atoms with Gasteiger partial charge in [-0.1, -0.05) is 30.3 Å². The minimum atomic E-state index is 0.790. The molecule has 0 saturated heterocycles. The van der Waals surface area contributed by atoms with Gasteiger partial charge in [0.1, 0.15) is 23.3 Å². The standard InChI is InChI=1S/C20H14N4O/c1-25-17-9-5-3-7-14(17)18-15-10-11-24-20(15)19(21-12-22-24)13-6-2-4-8-16(13)23-18/h2-12H,1H3. The summed E-state index contributed by atoms with van der Waals surface area (Å²) >= 11 is 0. The Hall–Kier alpha value is -3.47. The Kier molecular flexibility index (Phi) is 2.94. The molecule has 0 fully saturated rings. The molecule has 3 heterocycles. The first-order valence-electron chi connectivity index (χ1n) is 8.01. The molecule has 0 amide bonds. The summed E-state index contributed by atoms with van der Waals surface area (Å²) in [7, 11) is 1.68. The van der Waals surface area contributed by atoms with Crippen LogP contribution in [0.2, 0.25) is 0 Å². The summed E-state index contributed by atoms with van der Waals surface area (Å²) in [6.45, 7) is 0. The van der Waals surface area contributed by atoms with E-state index in [1.807, 2.05) is 65.3 Å². The number of hydrogen-bond donors (Lipinski definition) is 0. The third kappa shape index (κ3) is 1.99. The Morgan fingerprint density at radius 3 is 2.56 bits per heavy atom. The molecule has 25 heavy (non-hydrogen) atoms. The second-order valence-electron chi connectivity index (χ2n) is 5.81. The number of rotatable bonds is 2. The summed E-state index contributed by atoms with van der Waals surface area (Å²) in [5.41, 5.74) is 6.54. The number of benzene rings is 2. The second kappa shape index (κ2) is 5.27. The van der Waals surface area contributed by atoms with Crippen molar-refractivity contribution in [1.29, 1.82) is 0 Å². The van der Waals surface area contributed by atoms with Crippen LogP contribution in [0.3, 0.4) is 0 Å². The smallest absolute Gasteiger partial charge is 0.137 e. The molecule has 1 aliphatic heterocycles. The number of ether oxygens (including phenoxy) is 1. The molecule has 0 atom stereocenters. The molecule has 2 aromatic heterocycles. The van der Waals surface area contributed by atoms with Gasteiger partial charge in [0.2, 0.25) is 0 Å². The molecule has 0 N–H and O–H groups in total. The van der Waals surface area contributed by atoms with E-state index in [9.17, 15) is 0 Å². The first-order chi connectivity index (χ1) is 12.4. The van der Waals surface area contributed by atoms with Crippen LogP contribution >= 0.6 is 0 Å². The van der Waals surface area contributed by atoms with Gasteiger partial charge in [0.15, 0.2) is 0 Å². The lowest BCUT2D eigenvalue weighted by Gasteiger charge is -2.10. The fourth-order valence-electron chi connectivity index (χ4n) is 3.34. The van der Waals surface area contributed by atoms with Crippen molar-refractivity contribution in [2.24, 2.45) is 4.99 Å². The van der Waals surface area contributed by atoms with Crippen molar-refractivity contribution < 1.29 is 4.74 Å². The third-order valence-electron chi connectivity index (χ3n) is 4.46. The van der Waals surface area contributed by atoms with Crippen molar-refractivity contribution in [3.8, 4) is 17.0 Å². The highest BCUT2D eigenvalue weighted by atomic mass is 16.5. The molecule has 0 spiro atoms. The van der Waals surface area contributed by atoms with Crippen LogP contribution in [-0.4, -0.2) is 27.4 Å². The lowest BCUT2D eigenvalue weighted by Crippen LogP contribution is -2.05. The molecule has 2 aromatic carbocycles. The number of aliphatic imine (C=N–C) groups is 1. The van der Waals surface area contributed by atoms with Crippen LogP contribution in [-0.2, 0) is 0 Å². The molecule has 5 nitrogen and oxygen atoms in total. The molecule has 0 bridgehead atoms. The van der Waals surface area contributed by atoms with Crippen LogP contribution in [0, 0.1) is 0 Å². The fourth-order valence-corrected chi connectivity index (χ4v) is 3.34. The van der Waals surface area contributed by atoms with E-state index in [2.05, 4.69) is 10.1 Å². The number of fused-ring (bicyclic) bond motifs is 2. The van der Waals surface area contributed by atoms with Crippen LogP contribution in [0.25, 0.3) is 16.8 Å². The maximum absolute atomic E-state index is 5.57. The van der Waals surface area contributed by atoms with E-state index in [0.717, 1.165) is 45.0 Å². The molecular formula is C20H14N4O. The second-order valence-corrected chi connectivity index (χ2v) is 5.81. The van der Waals surface area contributed by atoms with E-state index >= 15 is 0 Å². The highest BCUT2D eigenvalue weighted by Gasteiger charge is 2.23. The van der Waals surface area contributed by atoms with Crippen molar-refractivity contribution in [2.45, 2.75) is 0 Å². The predicted octanol–water partition coefficient (Wildman–Crippen LogP) is 3.89. The molecule has 5 heteroatoms. The van der Waals surface area contributed by atoms with Crippen LogP contribution in [0.1, 0.15) is 11.1 Å². The van der Waals surface area contributed by atoms with Gasteiger partial charge in [0, 0.05) is 22.9 Å². The Morgan fingerprint density at radius 1 is 0.880 bits per heavy atom. The van der Waals surface area contributed by atoms with Gasteiger partial charge in [-0.3, -0.25) is 0 Å². The summed E-state index contributed by atoms with van der Waals surface area (Å²) in [5.74, 6) is 0.790. The van der Waals surface area contributed by atoms with Gasteiger partial charge >= 0.3 is 0 Å². The maximum atomic E-state index is 5.57. The van der Waals surface area contributed by atoms with Crippen molar-refractivity contribution in [3.05, 3.63) is 78.2 Å². The highest BCUT2D eigenvalue weighted by molar-refractivity contribution is 6.21. The molecule has 1 aliphatic rings. The van der Waals surface area contributed by atoms with E-state index in [0.29, 0.717) is 0 Å². The zero-order valence-electron chi connectivity index (χ0n) is 13.5.